The zero-order valence-electron chi connectivity index (χ0n) is 24.2. The van der Waals surface area contributed by atoms with Crippen molar-refractivity contribution in [3.63, 3.8) is 0 Å². The standard InChI is InChI=1S/C13H20O6.C9H16O4.C4H8O.Al.Li.4H/c1-3-16-11(14)9-10(12(15)17-4-2)19-13(18-9)7-5-6-8-13;10-5-7-8(6-11)13-9(12-7)3-1-2-4-9;1-2-4-5-3-1;;;;;;/h9-10H,3-8H2,1-2H3;7-8,10-11H,1-6H2;1-4H2;;;;;;/q;;;;+1;;;;-1/t9-,10-;7-,8-;;;;;;;/m10......./s1. The van der Waals surface area contributed by atoms with Crippen LogP contribution >= 0.6 is 0 Å². The van der Waals surface area contributed by atoms with Gasteiger partial charge in [0.05, 0.1) is 26.4 Å². The second-order valence-electron chi connectivity index (χ2n) is 9.81. The molecule has 2 N–H and O–H groups in total. The number of ether oxygens (including phenoxy) is 7. The first kappa shape index (κ1) is 36.8. The molecule has 13 heteroatoms. The fourth-order valence-electron chi connectivity index (χ4n) is 5.26. The molecular weight excluding hydrogens is 522 g/mol. The summed E-state index contributed by atoms with van der Waals surface area (Å²) in [6.45, 7) is 5.74. The number of esters is 2. The van der Waals surface area contributed by atoms with Gasteiger partial charge in [-0.3, -0.25) is 0 Å². The summed E-state index contributed by atoms with van der Waals surface area (Å²) < 4.78 is 37.5. The van der Waals surface area contributed by atoms with Crippen LogP contribution in [-0.2, 0) is 42.7 Å². The van der Waals surface area contributed by atoms with Crippen molar-refractivity contribution in [1.82, 2.24) is 0 Å². The van der Waals surface area contributed by atoms with Crippen LogP contribution in [0.25, 0.3) is 0 Å². The predicted molar refractivity (Wildman–Crippen MR) is 140 cm³/mol. The van der Waals surface area contributed by atoms with E-state index in [1.54, 1.807) is 13.8 Å². The molecule has 0 radical (unpaired) electrons. The Morgan fingerprint density at radius 1 is 0.718 bits per heavy atom. The predicted octanol–water partition coefficient (Wildman–Crippen LogP) is -2.08. The molecule has 2 spiro atoms. The maximum Gasteiger partial charge on any atom is 1.00 e. The number of carbonyl (C=O) groups excluding carboxylic acids is 2. The van der Waals surface area contributed by atoms with Crippen molar-refractivity contribution in [3.8, 4) is 0 Å². The Bertz CT molecular complexity index is 669. The minimum atomic E-state index is -1.02. The fourth-order valence-corrected chi connectivity index (χ4v) is 5.26. The Balaban J connectivity index is 0.000000629. The molecule has 0 amide bonds. The minimum Gasteiger partial charge on any atom is -1.00 e. The van der Waals surface area contributed by atoms with Gasteiger partial charge in [0.2, 0.25) is 0 Å². The van der Waals surface area contributed by atoms with Gasteiger partial charge >= 0.3 is 30.8 Å². The Kier molecular flexibility index (Phi) is 17.3. The molecular formula is C26H48AlLiO11. The molecule has 2 saturated carbocycles. The van der Waals surface area contributed by atoms with E-state index in [0.29, 0.717) is 12.8 Å². The summed E-state index contributed by atoms with van der Waals surface area (Å²) in [4.78, 5) is 23.7. The normalized spacial score (nSPS) is 29.4. The smallest absolute Gasteiger partial charge is 1.00 e. The van der Waals surface area contributed by atoms with E-state index < -0.39 is 35.7 Å². The van der Waals surface area contributed by atoms with E-state index in [9.17, 15) is 9.59 Å². The topological polar surface area (TPSA) is 139 Å². The first-order valence-corrected chi connectivity index (χ1v) is 13.8. The van der Waals surface area contributed by atoms with Gasteiger partial charge in [-0.1, -0.05) is 0 Å². The van der Waals surface area contributed by atoms with Crippen molar-refractivity contribution in [1.29, 1.82) is 0 Å². The molecule has 222 valence electrons. The Hall–Kier alpha value is -0.210. The first-order chi connectivity index (χ1) is 17.9. The van der Waals surface area contributed by atoms with Crippen LogP contribution in [0.3, 0.4) is 0 Å². The summed E-state index contributed by atoms with van der Waals surface area (Å²) in [5.41, 5.74) is 0. The SMILES string of the molecule is C1CCOC1.CCOC(=O)[C@@H]1OC2(CCCC2)O[C@H]1C(=O)OCC.OC[C@@H]1OC2(CCCC2)O[C@H]1CO.[AlH3].[H-].[Li+]. The summed E-state index contributed by atoms with van der Waals surface area (Å²) in [6, 6.07) is 0. The molecule has 0 aromatic heterocycles. The minimum absolute atomic E-state index is 0. The molecule has 2 aliphatic carbocycles. The molecule has 3 heterocycles. The summed E-state index contributed by atoms with van der Waals surface area (Å²) in [7, 11) is 0. The van der Waals surface area contributed by atoms with Gasteiger partial charge in [-0.15, -0.1) is 0 Å². The summed E-state index contributed by atoms with van der Waals surface area (Å²) in [6.07, 6.45) is 7.14. The zero-order valence-corrected chi connectivity index (χ0v) is 23.2. The number of aliphatic hydroxyl groups excluding tert-OH is 2. The number of hydrogen-bond donors (Lipinski definition) is 2. The quantitative estimate of drug-likeness (QED) is 0.269. The average Bonchev–Trinajstić information content (AvgIpc) is 3.73. The van der Waals surface area contributed by atoms with E-state index in [1.165, 1.54) is 12.8 Å². The maximum atomic E-state index is 11.9. The number of carbonyl (C=O) groups is 2. The summed E-state index contributed by atoms with van der Waals surface area (Å²) in [5, 5.41) is 18.0. The van der Waals surface area contributed by atoms with Crippen molar-refractivity contribution < 1.29 is 73.2 Å². The molecule has 5 fully saturated rings. The molecule has 39 heavy (non-hydrogen) atoms. The van der Waals surface area contributed by atoms with Gasteiger partial charge in [-0.25, -0.2) is 9.59 Å². The number of hydrogen-bond acceptors (Lipinski definition) is 11. The molecule has 11 nitrogen and oxygen atoms in total. The molecule has 5 aliphatic rings. The monoisotopic (exact) mass is 570 g/mol. The van der Waals surface area contributed by atoms with E-state index in [1.807, 2.05) is 0 Å². The second kappa shape index (κ2) is 18.4. The van der Waals surface area contributed by atoms with Crippen molar-refractivity contribution >= 4 is 29.3 Å². The Morgan fingerprint density at radius 3 is 1.36 bits per heavy atom. The Labute approximate surface area is 255 Å². The van der Waals surface area contributed by atoms with Crippen LogP contribution in [0.15, 0.2) is 0 Å². The van der Waals surface area contributed by atoms with Crippen LogP contribution < -0.4 is 18.9 Å². The van der Waals surface area contributed by atoms with Gasteiger partial charge in [0.25, 0.3) is 0 Å². The molecule has 0 unspecified atom stereocenters. The number of aliphatic hydroxyl groups is 2. The van der Waals surface area contributed by atoms with Crippen LogP contribution in [0.2, 0.25) is 0 Å². The van der Waals surface area contributed by atoms with E-state index in [4.69, 9.17) is 43.4 Å². The third-order valence-corrected chi connectivity index (χ3v) is 7.06. The van der Waals surface area contributed by atoms with Crippen LogP contribution in [0.5, 0.6) is 0 Å². The first-order valence-electron chi connectivity index (χ1n) is 13.8. The molecule has 4 atom stereocenters. The van der Waals surface area contributed by atoms with Gasteiger partial charge in [0.1, 0.15) is 12.2 Å². The molecule has 0 aromatic carbocycles. The van der Waals surface area contributed by atoms with E-state index in [2.05, 4.69) is 0 Å². The molecule has 3 aliphatic heterocycles. The van der Waals surface area contributed by atoms with Crippen molar-refractivity contribution in [2.75, 3.05) is 39.6 Å². The summed E-state index contributed by atoms with van der Waals surface area (Å²) in [5.74, 6) is -2.43. The number of rotatable bonds is 6. The van der Waals surface area contributed by atoms with Gasteiger partial charge in [-0.05, 0) is 52.4 Å². The third kappa shape index (κ3) is 10.2. The van der Waals surface area contributed by atoms with Gasteiger partial charge < -0.3 is 44.8 Å². The molecule has 5 rings (SSSR count). The van der Waals surface area contributed by atoms with E-state index >= 15 is 0 Å². The van der Waals surface area contributed by atoms with E-state index in [0.717, 1.165) is 51.7 Å². The molecule has 0 bridgehead atoms. The molecule has 3 saturated heterocycles. The van der Waals surface area contributed by atoms with Crippen LogP contribution in [-0.4, -0.2) is 115 Å². The van der Waals surface area contributed by atoms with Crippen molar-refractivity contribution in [3.05, 3.63) is 0 Å². The fraction of sp³-hybridized carbons (Fsp3) is 0.923. The molecule has 0 aromatic rings. The maximum absolute atomic E-state index is 11.9. The van der Waals surface area contributed by atoms with Crippen molar-refractivity contribution in [2.24, 2.45) is 0 Å². The van der Waals surface area contributed by atoms with Crippen molar-refractivity contribution in [2.45, 2.75) is 114 Å². The average molecular weight is 571 g/mol. The second-order valence-corrected chi connectivity index (χ2v) is 9.81. The van der Waals surface area contributed by atoms with Gasteiger partial charge in [-0.2, -0.15) is 0 Å². The van der Waals surface area contributed by atoms with Gasteiger partial charge in [0, 0.05) is 38.9 Å². The van der Waals surface area contributed by atoms with Crippen LogP contribution in [0.4, 0.5) is 0 Å². The van der Waals surface area contributed by atoms with Gasteiger partial charge in [0.15, 0.2) is 41.1 Å². The van der Waals surface area contributed by atoms with Crippen LogP contribution in [0.1, 0.15) is 79.5 Å². The largest absolute Gasteiger partial charge is 1.00 e. The van der Waals surface area contributed by atoms with E-state index in [-0.39, 0.29) is 76.3 Å². The zero-order chi connectivity index (χ0) is 26.7. The third-order valence-electron chi connectivity index (χ3n) is 7.06. The Morgan fingerprint density at radius 2 is 1.08 bits per heavy atom. The summed E-state index contributed by atoms with van der Waals surface area (Å²) >= 11 is 0. The van der Waals surface area contributed by atoms with Crippen LogP contribution in [0, 0.1) is 0 Å².